The van der Waals surface area contributed by atoms with Crippen molar-refractivity contribution in [2.75, 3.05) is 0 Å². The molecule has 0 spiro atoms. The van der Waals surface area contributed by atoms with Gasteiger partial charge in [-0.3, -0.25) is 5.41 Å². The lowest BCUT2D eigenvalue weighted by Gasteiger charge is -1.92. The molecule has 17 heavy (non-hydrogen) atoms. The van der Waals surface area contributed by atoms with Crippen molar-refractivity contribution in [2.24, 2.45) is 0 Å². The maximum absolute atomic E-state index is 7.52. The van der Waals surface area contributed by atoms with Gasteiger partial charge in [0.25, 0.3) is 0 Å². The third-order valence-corrected chi connectivity index (χ3v) is 2.35. The number of aromatic nitrogens is 1. The van der Waals surface area contributed by atoms with Crippen molar-refractivity contribution < 1.29 is 1.43 Å². The molecule has 0 atom stereocenters. The highest BCUT2D eigenvalue weighted by Crippen LogP contribution is 2.02. The van der Waals surface area contributed by atoms with Gasteiger partial charge in [-0.25, -0.2) is 4.98 Å². The van der Waals surface area contributed by atoms with Gasteiger partial charge < -0.3 is 0 Å². The molecule has 84 valence electrons. The van der Waals surface area contributed by atoms with Gasteiger partial charge in [-0.1, -0.05) is 54.6 Å². The predicted molar refractivity (Wildman–Crippen MR) is 70.4 cm³/mol. The second-order valence-corrected chi connectivity index (χ2v) is 3.72. The molecule has 0 fully saturated rings. The number of rotatable bonds is 3. The van der Waals surface area contributed by atoms with E-state index in [0.29, 0.717) is 5.49 Å². The Morgan fingerprint density at radius 1 is 1.00 bits per heavy atom. The molecular weight excluding hydrogens is 208 g/mol. The summed E-state index contributed by atoms with van der Waals surface area (Å²) < 4.78 is 0. The zero-order chi connectivity index (χ0) is 11.9. The van der Waals surface area contributed by atoms with Crippen LogP contribution in [0.2, 0.25) is 0 Å². The van der Waals surface area contributed by atoms with E-state index in [0.717, 1.165) is 12.1 Å². The van der Waals surface area contributed by atoms with Gasteiger partial charge in [-0.15, -0.1) is 0 Å². The normalized spacial score (nSPS) is 10.6. The van der Waals surface area contributed by atoms with Crippen LogP contribution < -0.4 is 5.49 Å². The van der Waals surface area contributed by atoms with Crippen molar-refractivity contribution in [1.82, 2.24) is 4.98 Å². The number of nitrogens with one attached hydrogen (secondary N) is 1. The monoisotopic (exact) mass is 223 g/mol. The van der Waals surface area contributed by atoms with Gasteiger partial charge in [0, 0.05) is 12.1 Å². The molecule has 2 nitrogen and oxygen atoms in total. The Hall–Kier alpha value is -2.22. The standard InChI is InChI=1S/C15H14N2/c16-15-12-5-4-10-14(17-15)11-6-9-13-7-2-1-3-8-13/h1-10,12,16H,11H2/p+1. The van der Waals surface area contributed by atoms with E-state index in [1.165, 1.54) is 5.56 Å². The van der Waals surface area contributed by atoms with E-state index in [4.69, 9.17) is 5.41 Å². The van der Waals surface area contributed by atoms with E-state index in [1.54, 1.807) is 6.07 Å². The van der Waals surface area contributed by atoms with E-state index in [1.807, 2.05) is 36.4 Å². The molecule has 0 bridgehead atoms. The molecule has 0 unspecified atom stereocenters. The summed E-state index contributed by atoms with van der Waals surface area (Å²) in [6, 6.07) is 17.5. The highest BCUT2D eigenvalue weighted by atomic mass is 14.7. The lowest BCUT2D eigenvalue weighted by molar-refractivity contribution is 1.03. The Bertz CT molecular complexity index is 565. The Balaban J connectivity index is 0.00000162. The Labute approximate surface area is 102 Å². The average molecular weight is 223 g/mol. The fourth-order valence-electron chi connectivity index (χ4n) is 1.54. The maximum Gasteiger partial charge on any atom is 1.00 e. The minimum atomic E-state index is 0. The second kappa shape index (κ2) is 5.75. The van der Waals surface area contributed by atoms with Gasteiger partial charge in [0.2, 0.25) is 0 Å². The first-order valence-corrected chi connectivity index (χ1v) is 5.57. The number of hydrogen-bond donors (Lipinski definition) is 1. The van der Waals surface area contributed by atoms with E-state index < -0.39 is 0 Å². The van der Waals surface area contributed by atoms with Crippen LogP contribution in [0, 0.1) is 5.41 Å². The molecule has 2 heteroatoms. The molecule has 1 heterocycles. The maximum atomic E-state index is 7.52. The van der Waals surface area contributed by atoms with Crippen molar-refractivity contribution in [3.63, 3.8) is 0 Å². The molecule has 0 saturated heterocycles. The van der Waals surface area contributed by atoms with Gasteiger partial charge in [0.1, 0.15) is 5.49 Å². The molecule has 0 aliphatic heterocycles. The van der Waals surface area contributed by atoms with Crippen LogP contribution in [0.3, 0.4) is 0 Å². The summed E-state index contributed by atoms with van der Waals surface area (Å²) in [6.07, 6.45) is 4.88. The van der Waals surface area contributed by atoms with E-state index in [-0.39, 0.29) is 1.43 Å². The molecule has 0 aliphatic carbocycles. The highest BCUT2D eigenvalue weighted by Gasteiger charge is 1.89. The van der Waals surface area contributed by atoms with Crippen LogP contribution in [0.25, 0.3) is 6.08 Å². The number of hydrogen-bond acceptors (Lipinski definition) is 2. The minimum Gasteiger partial charge on any atom is -0.283 e. The second-order valence-electron chi connectivity index (χ2n) is 3.72. The molecular formula is C15H15N2+. The zero-order valence-corrected chi connectivity index (χ0v) is 9.51. The van der Waals surface area contributed by atoms with E-state index in [2.05, 4.69) is 29.3 Å². The van der Waals surface area contributed by atoms with Gasteiger partial charge in [-0.05, 0) is 17.7 Å². The third kappa shape index (κ3) is 3.68. The predicted octanol–water partition coefficient (Wildman–Crippen LogP) is 2.93. The summed E-state index contributed by atoms with van der Waals surface area (Å²) in [5.41, 5.74) is 2.39. The van der Waals surface area contributed by atoms with Crippen molar-refractivity contribution in [3.8, 4) is 0 Å². The quantitative estimate of drug-likeness (QED) is 0.853. The molecule has 1 N–H and O–H groups in total. The molecule has 2 rings (SSSR count). The first kappa shape index (κ1) is 11.3. The van der Waals surface area contributed by atoms with Crippen molar-refractivity contribution in [1.29, 1.82) is 5.41 Å². The molecule has 0 aliphatic rings. The third-order valence-electron chi connectivity index (χ3n) is 2.35. The smallest absolute Gasteiger partial charge is 0.283 e. The van der Waals surface area contributed by atoms with Crippen LogP contribution in [-0.4, -0.2) is 4.98 Å². The van der Waals surface area contributed by atoms with Crippen LogP contribution >= 0.6 is 0 Å². The summed E-state index contributed by atoms with van der Waals surface area (Å²) in [4.78, 5) is 4.18. The fraction of sp³-hybridized carbons (Fsp3) is 0.0667. The summed E-state index contributed by atoms with van der Waals surface area (Å²) in [5, 5.41) is 7.52. The summed E-state index contributed by atoms with van der Waals surface area (Å²) >= 11 is 0. The molecule has 1 aromatic heterocycles. The summed E-state index contributed by atoms with van der Waals surface area (Å²) in [6.45, 7) is 0. The van der Waals surface area contributed by atoms with Crippen molar-refractivity contribution in [2.45, 2.75) is 6.42 Å². The van der Waals surface area contributed by atoms with E-state index in [9.17, 15) is 0 Å². The first-order chi connectivity index (χ1) is 8.34. The van der Waals surface area contributed by atoms with Gasteiger partial charge >= 0.3 is 1.43 Å². The Morgan fingerprint density at radius 2 is 1.71 bits per heavy atom. The van der Waals surface area contributed by atoms with Crippen molar-refractivity contribution >= 4 is 6.08 Å². The molecule has 0 saturated carbocycles. The lowest BCUT2D eigenvalue weighted by Crippen LogP contribution is -2.01. The van der Waals surface area contributed by atoms with Crippen LogP contribution in [0.5, 0.6) is 0 Å². The van der Waals surface area contributed by atoms with Crippen LogP contribution in [0.4, 0.5) is 0 Å². The topological polar surface area (TPSA) is 36.7 Å². The highest BCUT2D eigenvalue weighted by molar-refractivity contribution is 5.48. The number of benzene rings is 1. The minimum absolute atomic E-state index is 0. The molecule has 1 aromatic carbocycles. The Kier molecular flexibility index (Phi) is 3.81. The van der Waals surface area contributed by atoms with Gasteiger partial charge in [0.15, 0.2) is 0 Å². The lowest BCUT2D eigenvalue weighted by atomic mass is 10.2. The summed E-state index contributed by atoms with van der Waals surface area (Å²) in [7, 11) is 0. The average Bonchev–Trinajstić information content (AvgIpc) is 2.55. The van der Waals surface area contributed by atoms with Gasteiger partial charge in [0.05, 0.1) is 0 Å². The first-order valence-electron chi connectivity index (χ1n) is 5.57. The Morgan fingerprint density at radius 3 is 2.53 bits per heavy atom. The zero-order valence-electron chi connectivity index (χ0n) is 10.5. The van der Waals surface area contributed by atoms with Crippen LogP contribution in [0.15, 0.2) is 60.7 Å². The SMILES string of the molecule is N=c1ccccc(CC=Cc2ccccc2)n1.[H+]. The van der Waals surface area contributed by atoms with E-state index >= 15 is 0 Å². The van der Waals surface area contributed by atoms with Gasteiger partial charge in [-0.2, -0.15) is 0 Å². The number of allylic oxidation sites excluding steroid dienone is 1. The van der Waals surface area contributed by atoms with Crippen LogP contribution in [-0.2, 0) is 6.42 Å². The van der Waals surface area contributed by atoms with Crippen molar-refractivity contribution in [3.05, 3.63) is 77.4 Å². The summed E-state index contributed by atoms with van der Waals surface area (Å²) in [5.74, 6) is 0. The molecule has 0 amide bonds. The van der Waals surface area contributed by atoms with Crippen LogP contribution in [0.1, 0.15) is 12.7 Å². The molecule has 0 radical (unpaired) electrons. The number of nitrogens with zero attached hydrogens (tertiary/aromatic N) is 1. The fourth-order valence-corrected chi connectivity index (χ4v) is 1.54. The molecule has 2 aromatic rings. The largest absolute Gasteiger partial charge is 1.00 e.